The molecular formula is C23H24N2O2. The van der Waals surface area contributed by atoms with Crippen LogP contribution in [0.25, 0.3) is 10.8 Å². The predicted molar refractivity (Wildman–Crippen MR) is 110 cm³/mol. The highest BCUT2D eigenvalue weighted by molar-refractivity contribution is 6.00. The summed E-state index contributed by atoms with van der Waals surface area (Å²) >= 11 is 0. The number of nitrogen functional groups attached to an aromatic ring is 1. The standard InChI is InChI=1S/C23H24N2O2/c1-15(16-8-9-18-14-19(27-2)11-10-17(18)13-16)23(26)25-12-4-5-20-21(24)6-3-7-22(20)25/h3,6-11,13-15H,4-5,12,24H2,1-2H3. The van der Waals surface area contributed by atoms with Gasteiger partial charge in [-0.05, 0) is 65.9 Å². The number of rotatable bonds is 3. The fourth-order valence-corrected chi connectivity index (χ4v) is 3.90. The Kier molecular flexibility index (Phi) is 4.48. The Hall–Kier alpha value is -3.01. The molecule has 1 amide bonds. The summed E-state index contributed by atoms with van der Waals surface area (Å²) in [5, 5.41) is 2.21. The molecule has 0 bridgehead atoms. The van der Waals surface area contributed by atoms with Crippen LogP contribution in [0.4, 0.5) is 11.4 Å². The van der Waals surface area contributed by atoms with Crippen LogP contribution in [0.5, 0.6) is 5.75 Å². The van der Waals surface area contributed by atoms with Gasteiger partial charge in [0.15, 0.2) is 0 Å². The lowest BCUT2D eigenvalue weighted by atomic mass is 9.94. The highest BCUT2D eigenvalue weighted by Crippen LogP contribution is 2.34. The SMILES string of the molecule is COc1ccc2cc(C(C)C(=O)N3CCCc4c(N)cccc43)ccc2c1. The zero-order chi connectivity index (χ0) is 19.0. The van der Waals surface area contributed by atoms with Crippen molar-refractivity contribution in [1.82, 2.24) is 0 Å². The molecule has 4 rings (SSSR count). The predicted octanol–water partition coefficient (Wildman–Crippen LogP) is 4.51. The molecule has 0 radical (unpaired) electrons. The lowest BCUT2D eigenvalue weighted by Crippen LogP contribution is -2.38. The van der Waals surface area contributed by atoms with E-state index in [1.807, 2.05) is 54.3 Å². The molecule has 1 heterocycles. The van der Waals surface area contributed by atoms with E-state index >= 15 is 0 Å². The summed E-state index contributed by atoms with van der Waals surface area (Å²) in [6.07, 6.45) is 1.87. The Morgan fingerprint density at radius 2 is 1.89 bits per heavy atom. The first-order valence-corrected chi connectivity index (χ1v) is 9.35. The first-order chi connectivity index (χ1) is 13.1. The minimum Gasteiger partial charge on any atom is -0.497 e. The van der Waals surface area contributed by atoms with Crippen molar-refractivity contribution < 1.29 is 9.53 Å². The Labute approximate surface area is 159 Å². The van der Waals surface area contributed by atoms with Crippen molar-refractivity contribution in [2.45, 2.75) is 25.7 Å². The maximum Gasteiger partial charge on any atom is 0.234 e. The van der Waals surface area contributed by atoms with Crippen molar-refractivity contribution >= 4 is 28.1 Å². The van der Waals surface area contributed by atoms with Crippen LogP contribution in [-0.2, 0) is 11.2 Å². The zero-order valence-corrected chi connectivity index (χ0v) is 15.7. The number of hydrogen-bond acceptors (Lipinski definition) is 3. The molecule has 1 unspecified atom stereocenters. The molecule has 1 aliphatic rings. The Balaban J connectivity index is 1.65. The van der Waals surface area contributed by atoms with Crippen LogP contribution < -0.4 is 15.4 Å². The van der Waals surface area contributed by atoms with E-state index in [0.717, 1.165) is 58.4 Å². The van der Waals surface area contributed by atoms with Gasteiger partial charge >= 0.3 is 0 Å². The Morgan fingerprint density at radius 1 is 1.11 bits per heavy atom. The highest BCUT2D eigenvalue weighted by atomic mass is 16.5. The van der Waals surface area contributed by atoms with Crippen molar-refractivity contribution in [3.63, 3.8) is 0 Å². The minimum atomic E-state index is -0.219. The second-order valence-electron chi connectivity index (χ2n) is 7.13. The number of carbonyl (C=O) groups is 1. The lowest BCUT2D eigenvalue weighted by molar-refractivity contribution is -0.119. The first kappa shape index (κ1) is 17.4. The van der Waals surface area contributed by atoms with Gasteiger partial charge in [0.2, 0.25) is 5.91 Å². The van der Waals surface area contributed by atoms with Gasteiger partial charge < -0.3 is 15.4 Å². The summed E-state index contributed by atoms with van der Waals surface area (Å²) in [6, 6.07) is 18.0. The van der Waals surface area contributed by atoms with Gasteiger partial charge in [-0.2, -0.15) is 0 Å². The van der Waals surface area contributed by atoms with E-state index in [-0.39, 0.29) is 11.8 Å². The summed E-state index contributed by atoms with van der Waals surface area (Å²) in [5.74, 6) is 0.736. The summed E-state index contributed by atoms with van der Waals surface area (Å²) in [7, 11) is 1.67. The summed E-state index contributed by atoms with van der Waals surface area (Å²) in [4.78, 5) is 15.2. The molecule has 0 spiro atoms. The number of hydrogen-bond donors (Lipinski definition) is 1. The molecule has 1 aliphatic heterocycles. The first-order valence-electron chi connectivity index (χ1n) is 9.35. The maximum absolute atomic E-state index is 13.3. The maximum atomic E-state index is 13.3. The quantitative estimate of drug-likeness (QED) is 0.699. The third-order valence-corrected chi connectivity index (χ3v) is 5.49. The smallest absolute Gasteiger partial charge is 0.234 e. The van der Waals surface area contributed by atoms with Crippen LogP contribution in [0.1, 0.15) is 30.4 Å². The molecule has 0 saturated heterocycles. The van der Waals surface area contributed by atoms with Gasteiger partial charge in [0, 0.05) is 17.9 Å². The van der Waals surface area contributed by atoms with Crippen LogP contribution in [-0.4, -0.2) is 19.6 Å². The summed E-state index contributed by atoms with van der Waals surface area (Å²) in [6.45, 7) is 2.72. The van der Waals surface area contributed by atoms with Crippen molar-refractivity contribution in [2.75, 3.05) is 24.3 Å². The Morgan fingerprint density at radius 3 is 2.70 bits per heavy atom. The molecule has 0 fully saturated rings. The average molecular weight is 360 g/mol. The third kappa shape index (κ3) is 3.12. The molecule has 27 heavy (non-hydrogen) atoms. The van der Waals surface area contributed by atoms with E-state index in [0.29, 0.717) is 0 Å². The highest BCUT2D eigenvalue weighted by Gasteiger charge is 2.28. The van der Waals surface area contributed by atoms with E-state index in [1.54, 1.807) is 7.11 Å². The molecule has 1 atom stereocenters. The molecule has 138 valence electrons. The number of carbonyl (C=O) groups excluding carboxylic acids is 1. The molecule has 0 saturated carbocycles. The molecule has 3 aromatic rings. The van der Waals surface area contributed by atoms with E-state index in [4.69, 9.17) is 10.5 Å². The van der Waals surface area contributed by atoms with E-state index < -0.39 is 0 Å². The van der Waals surface area contributed by atoms with Gasteiger partial charge in [-0.15, -0.1) is 0 Å². The fourth-order valence-electron chi connectivity index (χ4n) is 3.90. The van der Waals surface area contributed by atoms with E-state index in [2.05, 4.69) is 12.1 Å². The number of amides is 1. The number of nitrogens with zero attached hydrogens (tertiary/aromatic N) is 1. The summed E-state index contributed by atoms with van der Waals surface area (Å²) in [5.41, 5.74) is 9.98. The molecule has 4 heteroatoms. The number of methoxy groups -OCH3 is 1. The van der Waals surface area contributed by atoms with Crippen molar-refractivity contribution in [3.8, 4) is 5.75 Å². The van der Waals surface area contributed by atoms with Crippen LogP contribution in [0.2, 0.25) is 0 Å². The van der Waals surface area contributed by atoms with E-state index in [9.17, 15) is 4.79 Å². The zero-order valence-electron chi connectivity index (χ0n) is 15.7. The summed E-state index contributed by atoms with van der Waals surface area (Å²) < 4.78 is 5.29. The second kappa shape index (κ2) is 6.95. The van der Waals surface area contributed by atoms with Crippen molar-refractivity contribution in [3.05, 3.63) is 65.7 Å². The third-order valence-electron chi connectivity index (χ3n) is 5.49. The van der Waals surface area contributed by atoms with Crippen LogP contribution in [0.15, 0.2) is 54.6 Å². The number of anilines is 2. The number of nitrogens with two attached hydrogens (primary N) is 1. The topological polar surface area (TPSA) is 55.6 Å². The van der Waals surface area contributed by atoms with E-state index in [1.165, 1.54) is 0 Å². The molecule has 3 aromatic carbocycles. The second-order valence-corrected chi connectivity index (χ2v) is 7.13. The van der Waals surface area contributed by atoms with Crippen LogP contribution in [0, 0.1) is 0 Å². The normalized spacial score (nSPS) is 14.7. The lowest BCUT2D eigenvalue weighted by Gasteiger charge is -2.32. The molecule has 4 nitrogen and oxygen atoms in total. The van der Waals surface area contributed by atoms with Gasteiger partial charge in [-0.25, -0.2) is 0 Å². The van der Waals surface area contributed by atoms with Crippen LogP contribution in [0.3, 0.4) is 0 Å². The number of benzene rings is 3. The molecule has 0 aromatic heterocycles. The Bertz CT molecular complexity index is 1010. The van der Waals surface area contributed by atoms with Gasteiger partial charge in [-0.1, -0.05) is 30.3 Å². The molecule has 0 aliphatic carbocycles. The van der Waals surface area contributed by atoms with Gasteiger partial charge in [0.1, 0.15) is 5.75 Å². The van der Waals surface area contributed by atoms with Gasteiger partial charge in [-0.3, -0.25) is 4.79 Å². The molecular weight excluding hydrogens is 336 g/mol. The largest absolute Gasteiger partial charge is 0.497 e. The van der Waals surface area contributed by atoms with Crippen LogP contribution >= 0.6 is 0 Å². The van der Waals surface area contributed by atoms with Crippen molar-refractivity contribution in [2.24, 2.45) is 0 Å². The average Bonchev–Trinajstić information content (AvgIpc) is 2.72. The van der Waals surface area contributed by atoms with Gasteiger partial charge in [0.25, 0.3) is 0 Å². The number of fused-ring (bicyclic) bond motifs is 2. The number of ether oxygens (including phenoxy) is 1. The fraction of sp³-hybridized carbons (Fsp3) is 0.261. The monoisotopic (exact) mass is 360 g/mol. The van der Waals surface area contributed by atoms with Gasteiger partial charge in [0.05, 0.1) is 13.0 Å². The molecule has 2 N–H and O–H groups in total. The minimum absolute atomic E-state index is 0.120. The van der Waals surface area contributed by atoms with Crippen molar-refractivity contribution in [1.29, 1.82) is 0 Å².